The van der Waals surface area contributed by atoms with Crippen LogP contribution in [0.1, 0.15) is 56.4 Å². The first-order chi connectivity index (χ1) is 16.0. The van der Waals surface area contributed by atoms with Crippen LogP contribution in [-0.4, -0.2) is 35.9 Å². The minimum atomic E-state index is -0.381. The van der Waals surface area contributed by atoms with Gasteiger partial charge < -0.3 is 19.5 Å². The molecule has 1 aromatic heterocycles. The van der Waals surface area contributed by atoms with E-state index in [-0.39, 0.29) is 18.4 Å². The fraction of sp³-hybridized carbons (Fsp3) is 0.320. The molecule has 33 heavy (non-hydrogen) atoms. The number of ether oxygens (including phenoxy) is 3. The summed E-state index contributed by atoms with van der Waals surface area (Å²) in [7, 11) is 4.71. The van der Waals surface area contributed by atoms with Crippen molar-refractivity contribution in [2.24, 2.45) is 7.05 Å². The summed E-state index contributed by atoms with van der Waals surface area (Å²) in [5.41, 5.74) is 3.70. The smallest absolute Gasteiger partial charge is 0.337 e. The maximum absolute atomic E-state index is 12.7. The largest absolute Gasteiger partial charge is 0.493 e. The van der Waals surface area contributed by atoms with E-state index in [2.05, 4.69) is 10.4 Å². The molecule has 1 amide bonds. The molecule has 2 aromatic carbocycles. The van der Waals surface area contributed by atoms with Gasteiger partial charge in [-0.15, -0.1) is 0 Å². The number of benzene rings is 2. The average Bonchev–Trinajstić information content (AvgIpc) is 3.62. The van der Waals surface area contributed by atoms with Crippen LogP contribution in [0.5, 0.6) is 11.5 Å². The Morgan fingerprint density at radius 2 is 1.88 bits per heavy atom. The number of carbonyl (C=O) groups excluding carboxylic acids is 2. The van der Waals surface area contributed by atoms with Crippen LogP contribution in [0.3, 0.4) is 0 Å². The minimum Gasteiger partial charge on any atom is -0.493 e. The summed E-state index contributed by atoms with van der Waals surface area (Å²) in [6, 6.07) is 14.4. The molecule has 8 heteroatoms. The van der Waals surface area contributed by atoms with Gasteiger partial charge >= 0.3 is 5.97 Å². The second-order valence-electron chi connectivity index (χ2n) is 7.96. The lowest BCUT2D eigenvalue weighted by Crippen LogP contribution is -2.25. The first-order valence-corrected chi connectivity index (χ1v) is 10.8. The molecule has 3 aromatic rings. The Bertz CT molecular complexity index is 1150. The van der Waals surface area contributed by atoms with Crippen molar-refractivity contribution in [3.8, 4) is 11.5 Å². The molecule has 8 nitrogen and oxygen atoms in total. The van der Waals surface area contributed by atoms with Crippen molar-refractivity contribution >= 4 is 11.9 Å². The van der Waals surface area contributed by atoms with Crippen LogP contribution in [0, 0.1) is 0 Å². The van der Waals surface area contributed by atoms with Crippen LogP contribution in [0.4, 0.5) is 0 Å². The Labute approximate surface area is 192 Å². The molecule has 172 valence electrons. The fourth-order valence-corrected chi connectivity index (χ4v) is 3.61. The summed E-state index contributed by atoms with van der Waals surface area (Å²) in [4.78, 5) is 24.3. The van der Waals surface area contributed by atoms with Gasteiger partial charge in [-0.25, -0.2) is 4.79 Å². The van der Waals surface area contributed by atoms with E-state index in [9.17, 15) is 9.59 Å². The molecule has 0 aliphatic heterocycles. The highest BCUT2D eigenvalue weighted by Gasteiger charge is 2.28. The molecule has 0 bridgehead atoms. The minimum absolute atomic E-state index is 0.184. The summed E-state index contributed by atoms with van der Waals surface area (Å²) in [6.07, 6.45) is 2.27. The van der Waals surface area contributed by atoms with E-state index < -0.39 is 0 Å². The predicted octanol–water partition coefficient (Wildman–Crippen LogP) is 3.60. The third kappa shape index (κ3) is 5.16. The van der Waals surface area contributed by atoms with Crippen LogP contribution in [0.15, 0.2) is 48.5 Å². The lowest BCUT2D eigenvalue weighted by molar-refractivity contribution is 0.0600. The Morgan fingerprint density at radius 1 is 1.12 bits per heavy atom. The van der Waals surface area contributed by atoms with Crippen molar-refractivity contribution in [3.05, 3.63) is 76.6 Å². The number of methoxy groups -OCH3 is 2. The van der Waals surface area contributed by atoms with E-state index in [0.29, 0.717) is 35.3 Å². The fourth-order valence-electron chi connectivity index (χ4n) is 3.61. The quantitative estimate of drug-likeness (QED) is 0.502. The SMILES string of the molecule is COC(=O)c1ccc(COc2cccc(CNC(=O)c3cc(C4CC4)nn3C)c2OC)cc1. The number of para-hydroxylation sites is 1. The first kappa shape index (κ1) is 22.4. The molecule has 1 saturated carbocycles. The van der Waals surface area contributed by atoms with Gasteiger partial charge in [0.15, 0.2) is 11.5 Å². The average molecular weight is 450 g/mol. The van der Waals surface area contributed by atoms with E-state index in [1.165, 1.54) is 7.11 Å². The van der Waals surface area contributed by atoms with Crippen molar-refractivity contribution < 1.29 is 23.8 Å². The summed E-state index contributed by atoms with van der Waals surface area (Å²) >= 11 is 0. The van der Waals surface area contributed by atoms with Crippen molar-refractivity contribution in [2.75, 3.05) is 14.2 Å². The number of esters is 1. The maximum Gasteiger partial charge on any atom is 0.337 e. The second-order valence-corrected chi connectivity index (χ2v) is 7.96. The highest BCUT2D eigenvalue weighted by atomic mass is 16.5. The summed E-state index contributed by atoms with van der Waals surface area (Å²) in [5.74, 6) is 1.05. The molecule has 0 radical (unpaired) electrons. The Hall–Kier alpha value is -3.81. The molecule has 0 atom stereocenters. The number of rotatable bonds is 9. The summed E-state index contributed by atoms with van der Waals surface area (Å²) in [6.45, 7) is 0.587. The highest BCUT2D eigenvalue weighted by molar-refractivity contribution is 5.92. The van der Waals surface area contributed by atoms with Gasteiger partial charge in [-0.2, -0.15) is 5.10 Å². The number of hydrogen-bond acceptors (Lipinski definition) is 6. The molecule has 1 fully saturated rings. The van der Waals surface area contributed by atoms with Crippen molar-refractivity contribution in [1.29, 1.82) is 0 Å². The molecule has 1 heterocycles. The molecule has 1 aliphatic rings. The van der Waals surface area contributed by atoms with Gasteiger partial charge in [-0.3, -0.25) is 9.48 Å². The number of carbonyl (C=O) groups is 2. The molecular weight excluding hydrogens is 422 g/mol. The molecule has 0 spiro atoms. The van der Waals surface area contributed by atoms with Crippen LogP contribution in [0.25, 0.3) is 0 Å². The predicted molar refractivity (Wildman–Crippen MR) is 121 cm³/mol. The third-order valence-corrected chi connectivity index (χ3v) is 5.60. The van der Waals surface area contributed by atoms with E-state index in [1.54, 1.807) is 31.0 Å². The third-order valence-electron chi connectivity index (χ3n) is 5.60. The van der Waals surface area contributed by atoms with Gasteiger partial charge in [0.2, 0.25) is 0 Å². The van der Waals surface area contributed by atoms with Gasteiger partial charge in [0.1, 0.15) is 12.3 Å². The zero-order chi connectivity index (χ0) is 23.4. The van der Waals surface area contributed by atoms with Crippen molar-refractivity contribution in [1.82, 2.24) is 15.1 Å². The topological polar surface area (TPSA) is 91.7 Å². The number of aromatic nitrogens is 2. The van der Waals surface area contributed by atoms with E-state index in [1.807, 2.05) is 36.4 Å². The van der Waals surface area contributed by atoms with E-state index in [4.69, 9.17) is 14.2 Å². The van der Waals surface area contributed by atoms with Gasteiger partial charge in [-0.05, 0) is 42.7 Å². The lowest BCUT2D eigenvalue weighted by atomic mass is 10.1. The van der Waals surface area contributed by atoms with E-state index in [0.717, 1.165) is 29.7 Å². The molecule has 1 N–H and O–H groups in total. The van der Waals surface area contributed by atoms with Crippen LogP contribution < -0.4 is 14.8 Å². The molecule has 1 aliphatic carbocycles. The first-order valence-electron chi connectivity index (χ1n) is 10.8. The Balaban J connectivity index is 1.40. The molecule has 0 saturated heterocycles. The number of hydrogen-bond donors (Lipinski definition) is 1. The molecule has 4 rings (SSSR count). The maximum atomic E-state index is 12.7. The standard InChI is InChI=1S/C25H27N3O5/c1-28-21(13-20(27-28)17-11-12-17)24(29)26-14-19-5-4-6-22(23(19)31-2)33-15-16-7-9-18(10-8-16)25(30)32-3/h4-10,13,17H,11-12,14-15H2,1-3H3,(H,26,29). The van der Waals surface area contributed by atoms with E-state index >= 15 is 0 Å². The molecule has 0 unspecified atom stereocenters. The lowest BCUT2D eigenvalue weighted by Gasteiger charge is -2.15. The van der Waals surface area contributed by atoms with Gasteiger partial charge in [0.05, 0.1) is 25.5 Å². The van der Waals surface area contributed by atoms with Crippen LogP contribution >= 0.6 is 0 Å². The number of amides is 1. The van der Waals surface area contributed by atoms with Crippen molar-refractivity contribution in [2.45, 2.75) is 31.9 Å². The zero-order valence-electron chi connectivity index (χ0n) is 19.0. The summed E-state index contributed by atoms with van der Waals surface area (Å²) < 4.78 is 17.9. The van der Waals surface area contributed by atoms with Crippen LogP contribution in [-0.2, 0) is 24.9 Å². The van der Waals surface area contributed by atoms with Gasteiger partial charge in [0, 0.05) is 25.1 Å². The zero-order valence-corrected chi connectivity index (χ0v) is 19.0. The number of aryl methyl sites for hydroxylation is 1. The van der Waals surface area contributed by atoms with Crippen molar-refractivity contribution in [3.63, 3.8) is 0 Å². The summed E-state index contributed by atoms with van der Waals surface area (Å²) in [5, 5.41) is 7.40. The van der Waals surface area contributed by atoms with Gasteiger partial charge in [-0.1, -0.05) is 24.3 Å². The monoisotopic (exact) mass is 449 g/mol. The van der Waals surface area contributed by atoms with Gasteiger partial charge in [0.25, 0.3) is 5.91 Å². The molecular formula is C25H27N3O5. The Morgan fingerprint density at radius 3 is 2.55 bits per heavy atom. The Kier molecular flexibility index (Phi) is 6.63. The number of nitrogens with zero attached hydrogens (tertiary/aromatic N) is 2. The highest BCUT2D eigenvalue weighted by Crippen LogP contribution is 2.39. The second kappa shape index (κ2) is 9.77. The number of nitrogens with one attached hydrogen (secondary N) is 1. The van der Waals surface area contributed by atoms with Crippen LogP contribution in [0.2, 0.25) is 0 Å². The normalized spacial score (nSPS) is 12.8.